The van der Waals surface area contributed by atoms with E-state index in [0.717, 1.165) is 29.7 Å². The predicted octanol–water partition coefficient (Wildman–Crippen LogP) is 3.57. The van der Waals surface area contributed by atoms with Gasteiger partial charge >= 0.3 is 0 Å². The summed E-state index contributed by atoms with van der Waals surface area (Å²) in [4.78, 5) is 18.0. The molecule has 3 rings (SSSR count). The summed E-state index contributed by atoms with van der Waals surface area (Å²) in [5.74, 6) is 0.346. The summed E-state index contributed by atoms with van der Waals surface area (Å²) in [7, 11) is 0. The number of thiazole rings is 1. The second-order valence-corrected chi connectivity index (χ2v) is 7.64. The summed E-state index contributed by atoms with van der Waals surface area (Å²) < 4.78 is 0. The third-order valence-corrected chi connectivity index (χ3v) is 5.67. The van der Waals surface area contributed by atoms with E-state index in [0.29, 0.717) is 6.04 Å². The van der Waals surface area contributed by atoms with Crippen LogP contribution in [0.4, 0.5) is 5.13 Å². The minimum Gasteiger partial charge on any atom is -0.357 e. The molecule has 0 unspecified atom stereocenters. The van der Waals surface area contributed by atoms with Crippen LogP contribution in [-0.4, -0.2) is 46.7 Å². The second kappa shape index (κ2) is 11.8. The average molecular weight is 423 g/mol. The molecule has 1 aromatic heterocycles. The lowest BCUT2D eigenvalue weighted by molar-refractivity contribution is -0.124. The summed E-state index contributed by atoms with van der Waals surface area (Å²) in [6.07, 6.45) is 11.0. The molecule has 148 valence electrons. The maximum absolute atomic E-state index is 11.0. The van der Waals surface area contributed by atoms with Crippen LogP contribution < -0.4 is 10.8 Å². The van der Waals surface area contributed by atoms with Crippen molar-refractivity contribution in [2.45, 2.75) is 44.6 Å². The van der Waals surface area contributed by atoms with Gasteiger partial charge in [-0.15, -0.1) is 36.2 Å². The van der Waals surface area contributed by atoms with Crippen LogP contribution in [0.25, 0.3) is 6.08 Å². The first-order valence-corrected chi connectivity index (χ1v) is 9.67. The summed E-state index contributed by atoms with van der Waals surface area (Å²) in [5, 5.41) is 14.8. The lowest BCUT2D eigenvalue weighted by Gasteiger charge is -2.26. The van der Waals surface area contributed by atoms with Crippen molar-refractivity contribution in [1.29, 1.82) is 0 Å². The third kappa shape index (κ3) is 7.04. The van der Waals surface area contributed by atoms with Gasteiger partial charge in [0.25, 0.3) is 5.91 Å². The Hall–Kier alpha value is -0.860. The molecule has 1 saturated heterocycles. The highest BCUT2D eigenvalue weighted by molar-refractivity contribution is 7.13. The molecule has 9 heteroatoms. The van der Waals surface area contributed by atoms with Gasteiger partial charge in [-0.1, -0.05) is 19.3 Å². The Morgan fingerprint density at radius 1 is 1.31 bits per heavy atom. The number of hydrogen-bond donors (Lipinski definition) is 3. The van der Waals surface area contributed by atoms with E-state index < -0.39 is 5.91 Å². The van der Waals surface area contributed by atoms with Gasteiger partial charge in [-0.3, -0.25) is 10.0 Å². The summed E-state index contributed by atoms with van der Waals surface area (Å²) in [5.41, 5.74) is 2.29. The predicted molar refractivity (Wildman–Crippen MR) is 111 cm³/mol. The Bertz CT molecular complexity index is 579. The molecule has 0 spiro atoms. The second-order valence-electron chi connectivity index (χ2n) is 6.78. The van der Waals surface area contributed by atoms with E-state index in [1.165, 1.54) is 51.3 Å². The van der Waals surface area contributed by atoms with Gasteiger partial charge in [-0.2, -0.15) is 0 Å². The van der Waals surface area contributed by atoms with E-state index in [9.17, 15) is 4.79 Å². The number of hydroxylamine groups is 1. The Labute approximate surface area is 171 Å². The molecule has 2 heterocycles. The molecule has 1 aliphatic heterocycles. The number of carbonyl (C=O) groups is 1. The lowest BCUT2D eigenvalue weighted by Crippen LogP contribution is -2.31. The molecular weight excluding hydrogens is 395 g/mol. The molecule has 1 aromatic rings. The fraction of sp³-hybridized carbons (Fsp3) is 0.647. The van der Waals surface area contributed by atoms with Crippen molar-refractivity contribution in [3.8, 4) is 0 Å². The van der Waals surface area contributed by atoms with Crippen LogP contribution in [0, 0.1) is 5.92 Å². The van der Waals surface area contributed by atoms with Crippen LogP contribution in [0.2, 0.25) is 0 Å². The molecular formula is C17H28Cl2N4O2S. The highest BCUT2D eigenvalue weighted by Gasteiger charge is 2.25. The maximum Gasteiger partial charge on any atom is 0.267 e. The fourth-order valence-electron chi connectivity index (χ4n) is 3.65. The van der Waals surface area contributed by atoms with E-state index in [2.05, 4.69) is 15.2 Å². The molecule has 3 N–H and O–H groups in total. The van der Waals surface area contributed by atoms with Gasteiger partial charge in [0.05, 0.1) is 5.69 Å². The van der Waals surface area contributed by atoms with Crippen LogP contribution in [-0.2, 0) is 4.79 Å². The van der Waals surface area contributed by atoms with E-state index in [1.54, 1.807) is 22.9 Å². The number of anilines is 1. The standard InChI is InChI=1S/C17H26N4O2S.2ClH/c22-16(20-23)7-6-15-12-24-17(19-15)18-14-8-9-21(11-14)10-13-4-2-1-3-5-13;;/h6-7,12-14,23H,1-5,8-11H2,(H,18,19)(H,20,22);2*1H/b7-6+;;/t14-;;/m1../s1. The Balaban J connectivity index is 0.00000169. The van der Waals surface area contributed by atoms with Crippen LogP contribution in [0.5, 0.6) is 0 Å². The van der Waals surface area contributed by atoms with Crippen molar-refractivity contribution >= 4 is 53.3 Å². The third-order valence-electron chi connectivity index (χ3n) is 4.88. The number of carbonyl (C=O) groups excluding carboxylic acids is 1. The number of amides is 1. The van der Waals surface area contributed by atoms with Crippen LogP contribution >= 0.6 is 36.2 Å². The molecule has 0 aromatic carbocycles. The first-order valence-electron chi connectivity index (χ1n) is 8.79. The van der Waals surface area contributed by atoms with E-state index in [1.807, 2.05) is 5.38 Å². The van der Waals surface area contributed by atoms with E-state index in [-0.39, 0.29) is 24.8 Å². The summed E-state index contributed by atoms with van der Waals surface area (Å²) in [6.45, 7) is 3.51. The minimum absolute atomic E-state index is 0. The van der Waals surface area contributed by atoms with Crippen molar-refractivity contribution in [2.24, 2.45) is 5.92 Å². The molecule has 2 aliphatic rings. The zero-order valence-electron chi connectivity index (χ0n) is 14.7. The van der Waals surface area contributed by atoms with Crippen molar-refractivity contribution in [1.82, 2.24) is 15.4 Å². The Morgan fingerprint density at radius 3 is 2.81 bits per heavy atom. The Morgan fingerprint density at radius 2 is 2.08 bits per heavy atom. The van der Waals surface area contributed by atoms with Gasteiger partial charge in [-0.25, -0.2) is 10.5 Å². The zero-order chi connectivity index (χ0) is 16.8. The minimum atomic E-state index is -0.549. The van der Waals surface area contributed by atoms with Gasteiger partial charge in [0.15, 0.2) is 5.13 Å². The number of rotatable bonds is 6. The molecule has 1 atom stereocenters. The van der Waals surface area contributed by atoms with Crippen LogP contribution in [0.15, 0.2) is 11.5 Å². The van der Waals surface area contributed by atoms with Crippen molar-refractivity contribution < 1.29 is 10.0 Å². The molecule has 0 bridgehead atoms. The molecule has 0 radical (unpaired) electrons. The number of nitrogens with zero attached hydrogens (tertiary/aromatic N) is 2. The van der Waals surface area contributed by atoms with Gasteiger partial charge in [0.2, 0.25) is 0 Å². The van der Waals surface area contributed by atoms with Gasteiger partial charge in [0.1, 0.15) is 0 Å². The van der Waals surface area contributed by atoms with Crippen molar-refractivity contribution in [3.63, 3.8) is 0 Å². The normalized spacial score (nSPS) is 21.2. The first-order chi connectivity index (χ1) is 11.7. The van der Waals surface area contributed by atoms with Gasteiger partial charge in [0, 0.05) is 37.1 Å². The SMILES string of the molecule is Cl.Cl.O=C(/C=C/c1csc(N[C@@H]2CCN(CC3CCCCC3)C2)n1)NO. The van der Waals surface area contributed by atoms with Crippen LogP contribution in [0.3, 0.4) is 0 Å². The zero-order valence-corrected chi connectivity index (χ0v) is 17.2. The number of halogens is 2. The molecule has 6 nitrogen and oxygen atoms in total. The van der Waals surface area contributed by atoms with Crippen LogP contribution in [0.1, 0.15) is 44.2 Å². The highest BCUT2D eigenvalue weighted by Crippen LogP contribution is 2.26. The number of aromatic nitrogens is 1. The quantitative estimate of drug-likeness (QED) is 0.371. The number of nitrogens with one attached hydrogen (secondary N) is 2. The highest BCUT2D eigenvalue weighted by atomic mass is 35.5. The number of hydrogen-bond acceptors (Lipinski definition) is 6. The smallest absolute Gasteiger partial charge is 0.267 e. The maximum atomic E-state index is 11.0. The van der Waals surface area contributed by atoms with Gasteiger partial charge in [-0.05, 0) is 31.3 Å². The molecule has 1 aliphatic carbocycles. The van der Waals surface area contributed by atoms with E-state index in [4.69, 9.17) is 5.21 Å². The monoisotopic (exact) mass is 422 g/mol. The molecule has 1 saturated carbocycles. The first kappa shape index (κ1) is 23.2. The molecule has 1 amide bonds. The van der Waals surface area contributed by atoms with Crippen molar-refractivity contribution in [2.75, 3.05) is 25.0 Å². The number of likely N-dealkylation sites (tertiary alicyclic amines) is 1. The fourth-order valence-corrected chi connectivity index (χ4v) is 4.41. The van der Waals surface area contributed by atoms with E-state index >= 15 is 0 Å². The van der Waals surface area contributed by atoms with Crippen molar-refractivity contribution in [3.05, 3.63) is 17.2 Å². The molecule has 26 heavy (non-hydrogen) atoms. The Kier molecular flexibility index (Phi) is 10.5. The molecule has 2 fully saturated rings. The largest absolute Gasteiger partial charge is 0.357 e. The van der Waals surface area contributed by atoms with Gasteiger partial charge < -0.3 is 10.2 Å². The summed E-state index contributed by atoms with van der Waals surface area (Å²) >= 11 is 1.55. The summed E-state index contributed by atoms with van der Waals surface area (Å²) in [6, 6.07) is 0.456. The average Bonchev–Trinajstić information content (AvgIpc) is 3.23. The topological polar surface area (TPSA) is 77.5 Å². The lowest BCUT2D eigenvalue weighted by atomic mass is 9.89.